The van der Waals surface area contributed by atoms with Crippen molar-refractivity contribution >= 4 is 28.9 Å². The van der Waals surface area contributed by atoms with Crippen molar-refractivity contribution in [1.29, 1.82) is 0 Å². The van der Waals surface area contributed by atoms with E-state index in [4.69, 9.17) is 13.3 Å². The van der Waals surface area contributed by atoms with E-state index >= 15 is 0 Å². The van der Waals surface area contributed by atoms with Gasteiger partial charge in [-0.3, -0.25) is 4.79 Å². The topological polar surface area (TPSA) is 60.7 Å². The molecule has 0 spiro atoms. The summed E-state index contributed by atoms with van der Waals surface area (Å²) >= 11 is -0.620. The third kappa shape index (κ3) is 4.61. The van der Waals surface area contributed by atoms with Gasteiger partial charge in [-0.05, 0) is 29.7 Å². The summed E-state index contributed by atoms with van der Waals surface area (Å²) in [7, 11) is 0. The summed E-state index contributed by atoms with van der Waals surface area (Å²) in [5.41, 5.74) is -2.74. The van der Waals surface area contributed by atoms with E-state index in [0.29, 0.717) is 24.2 Å². The van der Waals surface area contributed by atoms with Crippen molar-refractivity contribution in [3.05, 3.63) is 59.4 Å². The fraction of sp³-hybridized carbons (Fsp3) is 0.318. The molecule has 1 unspecified atom stereocenters. The summed E-state index contributed by atoms with van der Waals surface area (Å²) in [6.07, 6.45) is 0.594. The van der Waals surface area contributed by atoms with Gasteiger partial charge in [-0.25, -0.2) is 0 Å². The predicted octanol–water partition coefficient (Wildman–Crippen LogP) is 6.36. The number of rotatable bonds is 5. The molecule has 31 heavy (non-hydrogen) atoms. The van der Waals surface area contributed by atoms with E-state index < -0.39 is 23.5 Å². The Bertz CT molecular complexity index is 1110. The number of carbonyl (C=O) groups excluding carboxylic acids is 1. The van der Waals surface area contributed by atoms with E-state index in [9.17, 15) is 18.0 Å². The third-order valence-corrected chi connectivity index (χ3v) is 5.47. The molecule has 0 saturated carbocycles. The molecule has 3 aromatic rings. The second kappa shape index (κ2) is 8.37. The molecule has 1 atom stereocenters. The number of ether oxygens (including phenoxy) is 1. The Hall–Kier alpha value is -2.81. The summed E-state index contributed by atoms with van der Waals surface area (Å²) in [6, 6.07) is 11.9. The highest BCUT2D eigenvalue weighted by molar-refractivity contribution is 7.95. The zero-order valence-electron chi connectivity index (χ0n) is 16.8. The quantitative estimate of drug-likeness (QED) is 0.458. The first-order valence-corrected chi connectivity index (χ1v) is 10.5. The molecule has 1 aliphatic heterocycles. The zero-order valence-corrected chi connectivity index (χ0v) is 17.6. The number of furan rings is 1. The van der Waals surface area contributed by atoms with Crippen molar-refractivity contribution < 1.29 is 31.3 Å². The SMILES string of the molecule is CC(C)c1ccc(OSC(F)(F)F)c2oc(C(=O)NC3CCOc4ccccc43)cc12. The average Bonchev–Trinajstić information content (AvgIpc) is 3.17. The van der Waals surface area contributed by atoms with Crippen LogP contribution >= 0.6 is 12.0 Å². The number of alkyl halides is 3. The second-order valence-electron chi connectivity index (χ2n) is 7.47. The molecule has 0 saturated heterocycles. The molecular formula is C22H20F3NO4S. The van der Waals surface area contributed by atoms with Gasteiger partial charge in [0.1, 0.15) is 5.75 Å². The molecule has 1 amide bonds. The van der Waals surface area contributed by atoms with Crippen LogP contribution in [-0.4, -0.2) is 18.0 Å². The highest BCUT2D eigenvalue weighted by Gasteiger charge is 2.32. The number of halogens is 3. The Morgan fingerprint density at radius 1 is 1.23 bits per heavy atom. The van der Waals surface area contributed by atoms with Gasteiger partial charge < -0.3 is 18.7 Å². The van der Waals surface area contributed by atoms with E-state index in [2.05, 4.69) is 5.32 Å². The molecule has 2 aromatic carbocycles. The van der Waals surface area contributed by atoms with Crippen LogP contribution in [0.4, 0.5) is 13.2 Å². The fourth-order valence-corrected chi connectivity index (χ4v) is 3.93. The first kappa shape index (κ1) is 21.4. The van der Waals surface area contributed by atoms with Gasteiger partial charge in [-0.2, -0.15) is 13.2 Å². The average molecular weight is 451 g/mol. The third-order valence-electron chi connectivity index (χ3n) is 5.02. The van der Waals surface area contributed by atoms with E-state index in [0.717, 1.165) is 11.1 Å². The van der Waals surface area contributed by atoms with Gasteiger partial charge in [-0.15, -0.1) is 0 Å². The maximum absolute atomic E-state index is 12.9. The second-order valence-corrected chi connectivity index (χ2v) is 8.27. The summed E-state index contributed by atoms with van der Waals surface area (Å²) in [5.74, 6) is 0.251. The predicted molar refractivity (Wildman–Crippen MR) is 111 cm³/mol. The maximum Gasteiger partial charge on any atom is 0.479 e. The van der Waals surface area contributed by atoms with Crippen molar-refractivity contribution in [2.75, 3.05) is 6.61 Å². The van der Waals surface area contributed by atoms with Gasteiger partial charge in [0.05, 0.1) is 12.6 Å². The number of hydrogen-bond donors (Lipinski definition) is 1. The summed E-state index contributed by atoms with van der Waals surface area (Å²) in [6.45, 7) is 4.36. The zero-order chi connectivity index (χ0) is 22.2. The van der Waals surface area contributed by atoms with E-state index in [1.807, 2.05) is 38.1 Å². The molecule has 9 heteroatoms. The van der Waals surface area contributed by atoms with Crippen molar-refractivity contribution in [2.45, 2.75) is 37.7 Å². The lowest BCUT2D eigenvalue weighted by Crippen LogP contribution is -2.31. The highest BCUT2D eigenvalue weighted by Crippen LogP contribution is 2.40. The van der Waals surface area contributed by atoms with Crippen LogP contribution in [0.1, 0.15) is 53.9 Å². The highest BCUT2D eigenvalue weighted by atomic mass is 32.2. The van der Waals surface area contributed by atoms with Gasteiger partial charge in [0.15, 0.2) is 29.1 Å². The molecule has 0 aliphatic carbocycles. The Balaban J connectivity index is 1.65. The lowest BCUT2D eigenvalue weighted by molar-refractivity contribution is -0.0369. The van der Waals surface area contributed by atoms with E-state index in [-0.39, 0.29) is 29.1 Å². The molecule has 1 aromatic heterocycles. The van der Waals surface area contributed by atoms with Gasteiger partial charge in [0, 0.05) is 17.4 Å². The Kier molecular flexibility index (Phi) is 5.79. The molecular weight excluding hydrogens is 431 g/mol. The standard InChI is InChI=1S/C22H20F3NO4S/c1-12(2)13-7-8-18(30-31-22(23,24)25)20-15(13)11-19(29-20)21(27)26-16-9-10-28-17-6-4-3-5-14(16)17/h3-8,11-12,16H,9-10H2,1-2H3,(H,26,27). The Labute approximate surface area is 181 Å². The molecule has 2 heterocycles. The van der Waals surface area contributed by atoms with Gasteiger partial charge in [0.2, 0.25) is 0 Å². The number of amides is 1. The Morgan fingerprint density at radius 2 is 2.00 bits per heavy atom. The van der Waals surface area contributed by atoms with Crippen LogP contribution in [0, 0.1) is 0 Å². The van der Waals surface area contributed by atoms with Crippen molar-refractivity contribution in [2.24, 2.45) is 0 Å². The minimum absolute atomic E-state index is 0.00827. The molecule has 5 nitrogen and oxygen atoms in total. The molecule has 1 N–H and O–H groups in total. The van der Waals surface area contributed by atoms with Crippen LogP contribution in [-0.2, 0) is 0 Å². The minimum Gasteiger partial charge on any atom is -0.493 e. The minimum atomic E-state index is -4.56. The fourth-order valence-electron chi connectivity index (χ4n) is 3.61. The monoisotopic (exact) mass is 451 g/mol. The van der Waals surface area contributed by atoms with E-state index in [1.165, 1.54) is 6.07 Å². The summed E-state index contributed by atoms with van der Waals surface area (Å²) in [4.78, 5) is 12.9. The van der Waals surface area contributed by atoms with Gasteiger partial charge in [-0.1, -0.05) is 38.1 Å². The maximum atomic E-state index is 12.9. The smallest absolute Gasteiger partial charge is 0.479 e. The number of nitrogens with one attached hydrogen (secondary N) is 1. The lowest BCUT2D eigenvalue weighted by Gasteiger charge is -2.26. The number of para-hydroxylation sites is 1. The van der Waals surface area contributed by atoms with Crippen LogP contribution in [0.2, 0.25) is 0 Å². The van der Waals surface area contributed by atoms with Crippen molar-refractivity contribution in [3.8, 4) is 11.5 Å². The first-order valence-electron chi connectivity index (χ1n) is 9.74. The molecule has 0 fully saturated rings. The molecule has 164 valence electrons. The lowest BCUT2D eigenvalue weighted by atomic mass is 9.99. The number of benzene rings is 2. The first-order chi connectivity index (χ1) is 14.7. The van der Waals surface area contributed by atoms with E-state index in [1.54, 1.807) is 12.1 Å². The normalized spacial score (nSPS) is 16.1. The molecule has 0 bridgehead atoms. The number of fused-ring (bicyclic) bond motifs is 2. The molecule has 0 radical (unpaired) electrons. The number of hydrogen-bond acceptors (Lipinski definition) is 5. The van der Waals surface area contributed by atoms with Crippen molar-refractivity contribution in [1.82, 2.24) is 5.32 Å². The van der Waals surface area contributed by atoms with Crippen LogP contribution in [0.5, 0.6) is 11.5 Å². The Morgan fingerprint density at radius 3 is 2.74 bits per heavy atom. The molecule has 4 rings (SSSR count). The van der Waals surface area contributed by atoms with Crippen molar-refractivity contribution in [3.63, 3.8) is 0 Å². The largest absolute Gasteiger partial charge is 0.493 e. The number of carbonyl (C=O) groups is 1. The molecule has 1 aliphatic rings. The van der Waals surface area contributed by atoms with Crippen LogP contribution < -0.4 is 14.2 Å². The van der Waals surface area contributed by atoms with Crippen LogP contribution in [0.25, 0.3) is 11.0 Å². The van der Waals surface area contributed by atoms with Gasteiger partial charge in [0.25, 0.3) is 5.91 Å². The summed E-state index contributed by atoms with van der Waals surface area (Å²) < 4.78 is 54.0. The van der Waals surface area contributed by atoms with Gasteiger partial charge >= 0.3 is 5.51 Å². The summed E-state index contributed by atoms with van der Waals surface area (Å²) in [5, 5.41) is 3.49. The van der Waals surface area contributed by atoms with Crippen LogP contribution in [0.15, 0.2) is 46.9 Å². The van der Waals surface area contributed by atoms with Crippen LogP contribution in [0.3, 0.4) is 0 Å².